The van der Waals surface area contributed by atoms with E-state index >= 15 is 0 Å². The third kappa shape index (κ3) is 8.52. The molecular weight excluding hydrogens is 657 g/mol. The molecule has 0 aliphatic rings. The number of aromatic nitrogens is 1. The largest absolute Gasteiger partial charge is 0.493 e. The molecule has 0 saturated carbocycles. The molecule has 5 aromatic rings. The van der Waals surface area contributed by atoms with Crippen molar-refractivity contribution >= 4 is 80.7 Å². The van der Waals surface area contributed by atoms with Crippen LogP contribution in [-0.2, 0) is 4.79 Å². The van der Waals surface area contributed by atoms with Gasteiger partial charge in [-0.25, -0.2) is 10.4 Å². The summed E-state index contributed by atoms with van der Waals surface area (Å²) in [6.07, 6.45) is 1.41. The first-order valence-electron chi connectivity index (χ1n) is 13.3. The van der Waals surface area contributed by atoms with Crippen molar-refractivity contribution in [1.29, 1.82) is 0 Å². The number of carbonyl (C=O) groups is 2. The summed E-state index contributed by atoms with van der Waals surface area (Å²) in [6, 6.07) is 24.7. The molecule has 2 amide bonds. The number of carbonyl (C=O) groups excluding carboxylic acids is 2. The number of hydrogen-bond donors (Lipinski definition) is 3. The molecule has 45 heavy (non-hydrogen) atoms. The van der Waals surface area contributed by atoms with Gasteiger partial charge in [0.25, 0.3) is 11.8 Å². The number of thiazole rings is 1. The minimum absolute atomic E-state index is 0.174. The van der Waals surface area contributed by atoms with Crippen LogP contribution in [-0.4, -0.2) is 36.7 Å². The summed E-state index contributed by atoms with van der Waals surface area (Å²) in [7, 11) is 1.44. The Morgan fingerprint density at radius 1 is 0.911 bits per heavy atom. The van der Waals surface area contributed by atoms with Crippen LogP contribution in [0, 0.1) is 0 Å². The monoisotopic (exact) mass is 679 g/mol. The lowest BCUT2D eigenvalue weighted by Crippen LogP contribution is -2.20. The number of benzene rings is 4. The van der Waals surface area contributed by atoms with Gasteiger partial charge >= 0.3 is 0 Å². The lowest BCUT2D eigenvalue weighted by Gasteiger charge is -2.13. The molecule has 5 rings (SSSR count). The highest BCUT2D eigenvalue weighted by molar-refractivity contribution is 7.14. The van der Waals surface area contributed by atoms with Gasteiger partial charge in [0, 0.05) is 27.9 Å². The number of methoxy groups -OCH3 is 1. The second kappa shape index (κ2) is 14.9. The van der Waals surface area contributed by atoms with Crippen LogP contribution in [0.15, 0.2) is 95.4 Å². The van der Waals surface area contributed by atoms with Crippen LogP contribution in [0.3, 0.4) is 0 Å². The van der Waals surface area contributed by atoms with Gasteiger partial charge in [0.2, 0.25) is 0 Å². The van der Waals surface area contributed by atoms with Crippen molar-refractivity contribution in [3.63, 3.8) is 0 Å². The number of ether oxygens (including phenoxy) is 2. The Bertz CT molecular complexity index is 1850. The van der Waals surface area contributed by atoms with E-state index in [-0.39, 0.29) is 23.1 Å². The maximum Gasteiger partial charge on any atom is 0.271 e. The van der Waals surface area contributed by atoms with Crippen molar-refractivity contribution < 1.29 is 19.1 Å². The predicted octanol–water partition coefficient (Wildman–Crippen LogP) is 8.30. The first-order valence-corrected chi connectivity index (χ1v) is 15.3. The molecule has 0 aliphatic heterocycles. The topological polar surface area (TPSA) is 114 Å². The Balaban J connectivity index is 1.15. The predicted molar refractivity (Wildman–Crippen MR) is 181 cm³/mol. The number of rotatable bonds is 11. The maximum absolute atomic E-state index is 12.7. The summed E-state index contributed by atoms with van der Waals surface area (Å²) in [5, 5.41) is 13.6. The Labute approximate surface area is 277 Å². The van der Waals surface area contributed by atoms with E-state index in [1.807, 2.05) is 47.8 Å². The van der Waals surface area contributed by atoms with Gasteiger partial charge in [-0.15, -0.1) is 11.3 Å². The van der Waals surface area contributed by atoms with E-state index < -0.39 is 11.8 Å². The molecule has 0 aliphatic carbocycles. The fraction of sp³-hybridized carbons (Fsp3) is 0.0625. The summed E-state index contributed by atoms with van der Waals surface area (Å²) in [4.78, 5) is 29.7. The Hall–Kier alpha value is -4.61. The van der Waals surface area contributed by atoms with Gasteiger partial charge in [0.15, 0.2) is 23.2 Å². The van der Waals surface area contributed by atoms with E-state index in [2.05, 4.69) is 26.1 Å². The molecule has 1 heterocycles. The first kappa shape index (κ1) is 31.8. The van der Waals surface area contributed by atoms with Crippen molar-refractivity contribution in [2.45, 2.75) is 0 Å². The average molecular weight is 681 g/mol. The van der Waals surface area contributed by atoms with Crippen molar-refractivity contribution in [2.24, 2.45) is 5.10 Å². The number of hydrogen-bond acceptors (Lipinski definition) is 8. The molecule has 0 spiro atoms. The summed E-state index contributed by atoms with van der Waals surface area (Å²) in [5.74, 6) is -0.386. The molecule has 13 heteroatoms. The maximum atomic E-state index is 12.7. The van der Waals surface area contributed by atoms with Crippen LogP contribution in [0.1, 0.15) is 15.9 Å². The van der Waals surface area contributed by atoms with E-state index in [0.717, 1.165) is 22.1 Å². The van der Waals surface area contributed by atoms with Crippen molar-refractivity contribution in [2.75, 3.05) is 24.4 Å². The van der Waals surface area contributed by atoms with Crippen LogP contribution < -0.4 is 25.5 Å². The number of amides is 2. The number of nitrogens with zero attached hydrogens (tertiary/aromatic N) is 2. The highest BCUT2D eigenvalue weighted by Gasteiger charge is 2.15. The third-order valence-electron chi connectivity index (χ3n) is 6.15. The molecule has 228 valence electrons. The normalized spacial score (nSPS) is 10.8. The zero-order valence-corrected chi connectivity index (χ0v) is 26.6. The van der Waals surface area contributed by atoms with Gasteiger partial charge < -0.3 is 20.1 Å². The summed E-state index contributed by atoms with van der Waals surface area (Å²) >= 11 is 19.8. The van der Waals surface area contributed by atoms with E-state index in [4.69, 9.17) is 44.3 Å². The van der Waals surface area contributed by atoms with Gasteiger partial charge in [-0.3, -0.25) is 9.59 Å². The molecule has 4 aromatic carbocycles. The number of hydrazone groups is 1. The Kier molecular flexibility index (Phi) is 10.5. The standard InChI is InChI=1S/C32H24Cl3N5O4S/c1-43-28-14-19(13-26(35)30(28)44-17-29(41)37-23-11-12-24(33)25(34)15-23)16-36-40-31(42)21-9-7-20(8-10-21)27-18-45-32(39-27)38-22-5-3-2-4-6-22/h2-16,18H,17H2,1H3,(H,37,41)(H,38,39)(H,40,42)/b36-16+. The van der Waals surface area contributed by atoms with E-state index in [9.17, 15) is 9.59 Å². The van der Waals surface area contributed by atoms with Gasteiger partial charge in [-0.1, -0.05) is 65.1 Å². The Morgan fingerprint density at radius 2 is 1.69 bits per heavy atom. The Morgan fingerprint density at radius 3 is 2.42 bits per heavy atom. The molecule has 0 fully saturated rings. The highest BCUT2D eigenvalue weighted by atomic mass is 35.5. The first-order chi connectivity index (χ1) is 21.8. The van der Waals surface area contributed by atoms with Crippen LogP contribution in [0.25, 0.3) is 11.3 Å². The number of nitrogens with one attached hydrogen (secondary N) is 3. The third-order valence-corrected chi connectivity index (χ3v) is 7.93. The lowest BCUT2D eigenvalue weighted by molar-refractivity contribution is -0.118. The quantitative estimate of drug-likeness (QED) is 0.0956. The second-order valence-corrected chi connectivity index (χ2v) is 11.4. The smallest absolute Gasteiger partial charge is 0.271 e. The number of halogens is 3. The van der Waals surface area contributed by atoms with Gasteiger partial charge in [0.1, 0.15) is 0 Å². The number of anilines is 3. The van der Waals surface area contributed by atoms with Crippen LogP contribution in [0.5, 0.6) is 11.5 Å². The molecule has 1 aromatic heterocycles. The molecule has 3 N–H and O–H groups in total. The van der Waals surface area contributed by atoms with Crippen molar-refractivity contribution in [3.05, 3.63) is 117 Å². The van der Waals surface area contributed by atoms with Crippen LogP contribution in [0.2, 0.25) is 15.1 Å². The minimum atomic E-state index is -0.440. The van der Waals surface area contributed by atoms with Gasteiger partial charge in [-0.2, -0.15) is 5.10 Å². The second-order valence-electron chi connectivity index (χ2n) is 9.31. The lowest BCUT2D eigenvalue weighted by atomic mass is 10.1. The summed E-state index contributed by atoms with van der Waals surface area (Å²) in [5.41, 5.74) is 6.55. The fourth-order valence-electron chi connectivity index (χ4n) is 3.99. The van der Waals surface area contributed by atoms with Crippen molar-refractivity contribution in [1.82, 2.24) is 10.4 Å². The molecular formula is C32H24Cl3N5O4S. The van der Waals surface area contributed by atoms with E-state index in [1.165, 1.54) is 30.7 Å². The van der Waals surface area contributed by atoms with Crippen molar-refractivity contribution in [3.8, 4) is 22.8 Å². The van der Waals surface area contributed by atoms with Gasteiger partial charge in [0.05, 0.1) is 34.1 Å². The average Bonchev–Trinajstić information content (AvgIpc) is 3.51. The molecule has 0 bridgehead atoms. The van der Waals surface area contributed by atoms with E-state index in [1.54, 1.807) is 36.4 Å². The minimum Gasteiger partial charge on any atom is -0.493 e. The number of para-hydroxylation sites is 1. The van der Waals surface area contributed by atoms with E-state index in [0.29, 0.717) is 26.9 Å². The molecule has 0 atom stereocenters. The van der Waals surface area contributed by atoms with Gasteiger partial charge in [-0.05, 0) is 60.2 Å². The zero-order chi connectivity index (χ0) is 31.8. The summed E-state index contributed by atoms with van der Waals surface area (Å²) in [6.45, 7) is -0.340. The molecule has 0 radical (unpaired) electrons. The van der Waals surface area contributed by atoms with Crippen LogP contribution >= 0.6 is 46.1 Å². The SMILES string of the molecule is COc1cc(/C=N/NC(=O)c2ccc(-c3csc(Nc4ccccc4)n3)cc2)cc(Cl)c1OCC(=O)Nc1ccc(Cl)c(Cl)c1. The molecule has 9 nitrogen and oxygen atoms in total. The summed E-state index contributed by atoms with van der Waals surface area (Å²) < 4.78 is 11.0. The zero-order valence-electron chi connectivity index (χ0n) is 23.5. The fourth-order valence-corrected chi connectivity index (χ4v) is 5.31. The molecule has 0 unspecified atom stereocenters. The molecule has 0 saturated heterocycles. The highest BCUT2D eigenvalue weighted by Crippen LogP contribution is 2.36. The van der Waals surface area contributed by atoms with Crippen LogP contribution in [0.4, 0.5) is 16.5 Å².